The van der Waals surface area contributed by atoms with Gasteiger partial charge in [0.2, 0.25) is 0 Å². The molecule has 2 atom stereocenters. The third kappa shape index (κ3) is 4.51. The minimum absolute atomic E-state index is 0.0302. The van der Waals surface area contributed by atoms with Crippen LogP contribution in [0.15, 0.2) is 97.1 Å². The standard InChI is InChI=1S/C28H25NO3/c30-28(22-7-2-1-3-8-22)32-24-13-11-21(12-14-24)26-16-17-29-19-27(26)31-25-15-10-20-6-4-5-9-23(20)18-25/h1-15,18,26-27,29H,16-17,19H2. The molecule has 0 amide bonds. The summed E-state index contributed by atoms with van der Waals surface area (Å²) in [7, 11) is 0. The average Bonchev–Trinajstić information content (AvgIpc) is 2.85. The fourth-order valence-electron chi connectivity index (χ4n) is 4.27. The topological polar surface area (TPSA) is 47.6 Å². The van der Waals surface area contributed by atoms with Crippen LogP contribution in [0.5, 0.6) is 11.5 Å². The van der Waals surface area contributed by atoms with Gasteiger partial charge in [0.05, 0.1) is 5.56 Å². The summed E-state index contributed by atoms with van der Waals surface area (Å²) in [5.74, 6) is 1.35. The van der Waals surface area contributed by atoms with Crippen LogP contribution in [0.25, 0.3) is 10.8 Å². The molecule has 1 heterocycles. The molecule has 1 fully saturated rings. The molecule has 0 aromatic heterocycles. The van der Waals surface area contributed by atoms with Crippen molar-refractivity contribution >= 4 is 16.7 Å². The fraction of sp³-hybridized carbons (Fsp3) is 0.179. The van der Waals surface area contributed by atoms with Crippen LogP contribution in [0.4, 0.5) is 0 Å². The van der Waals surface area contributed by atoms with E-state index in [0.717, 1.165) is 25.3 Å². The van der Waals surface area contributed by atoms with Crippen molar-refractivity contribution in [1.82, 2.24) is 5.32 Å². The second-order valence-electron chi connectivity index (χ2n) is 8.09. The van der Waals surface area contributed by atoms with Gasteiger partial charge in [0.15, 0.2) is 0 Å². The van der Waals surface area contributed by atoms with Crippen LogP contribution in [0.1, 0.15) is 28.3 Å². The van der Waals surface area contributed by atoms with E-state index in [4.69, 9.17) is 9.47 Å². The number of esters is 1. The number of nitrogens with one attached hydrogen (secondary N) is 1. The van der Waals surface area contributed by atoms with Crippen LogP contribution >= 0.6 is 0 Å². The maximum absolute atomic E-state index is 12.3. The van der Waals surface area contributed by atoms with E-state index in [0.29, 0.717) is 11.3 Å². The van der Waals surface area contributed by atoms with Crippen LogP contribution in [-0.4, -0.2) is 25.2 Å². The first-order chi connectivity index (χ1) is 15.8. The van der Waals surface area contributed by atoms with Gasteiger partial charge in [-0.15, -0.1) is 0 Å². The lowest BCUT2D eigenvalue weighted by Crippen LogP contribution is -2.42. The number of piperidine rings is 1. The van der Waals surface area contributed by atoms with Gasteiger partial charge < -0.3 is 14.8 Å². The monoisotopic (exact) mass is 423 g/mol. The highest BCUT2D eigenvalue weighted by Gasteiger charge is 2.28. The predicted octanol–water partition coefficient (Wildman–Crippen LogP) is 5.58. The molecule has 5 rings (SSSR count). The Balaban J connectivity index is 1.30. The number of hydrogen-bond donors (Lipinski definition) is 1. The molecule has 0 saturated carbocycles. The normalized spacial score (nSPS) is 18.2. The number of fused-ring (bicyclic) bond motifs is 1. The van der Waals surface area contributed by atoms with Gasteiger partial charge >= 0.3 is 5.97 Å². The summed E-state index contributed by atoms with van der Waals surface area (Å²) in [4.78, 5) is 12.3. The molecule has 0 aliphatic carbocycles. The molecule has 160 valence electrons. The van der Waals surface area contributed by atoms with Gasteiger partial charge in [-0.25, -0.2) is 4.79 Å². The van der Waals surface area contributed by atoms with Crippen molar-refractivity contribution in [2.75, 3.05) is 13.1 Å². The van der Waals surface area contributed by atoms with Gasteiger partial charge in [-0.3, -0.25) is 0 Å². The molecule has 4 nitrogen and oxygen atoms in total. The van der Waals surface area contributed by atoms with E-state index in [-0.39, 0.29) is 18.0 Å². The Hall–Kier alpha value is -3.63. The molecule has 1 saturated heterocycles. The zero-order chi connectivity index (χ0) is 21.8. The van der Waals surface area contributed by atoms with Crippen LogP contribution in [0, 0.1) is 0 Å². The number of carbonyl (C=O) groups excluding carboxylic acids is 1. The molecule has 4 heteroatoms. The molecule has 1 aliphatic rings. The summed E-state index contributed by atoms with van der Waals surface area (Å²) in [5.41, 5.74) is 1.73. The van der Waals surface area contributed by atoms with Crippen molar-refractivity contribution in [3.05, 3.63) is 108 Å². The third-order valence-corrected chi connectivity index (χ3v) is 5.96. The smallest absolute Gasteiger partial charge is 0.343 e. The highest BCUT2D eigenvalue weighted by Crippen LogP contribution is 2.31. The van der Waals surface area contributed by atoms with Crippen molar-refractivity contribution < 1.29 is 14.3 Å². The van der Waals surface area contributed by atoms with Crippen LogP contribution in [0.2, 0.25) is 0 Å². The number of ether oxygens (including phenoxy) is 2. The molecule has 0 bridgehead atoms. The minimum Gasteiger partial charge on any atom is -0.488 e. The van der Waals surface area contributed by atoms with Crippen molar-refractivity contribution in [3.8, 4) is 11.5 Å². The van der Waals surface area contributed by atoms with Crippen molar-refractivity contribution in [3.63, 3.8) is 0 Å². The highest BCUT2D eigenvalue weighted by molar-refractivity contribution is 5.91. The van der Waals surface area contributed by atoms with Gasteiger partial charge in [0.25, 0.3) is 0 Å². The summed E-state index contributed by atoms with van der Waals surface area (Å²) >= 11 is 0. The molecular weight excluding hydrogens is 398 g/mol. The molecule has 4 aromatic carbocycles. The lowest BCUT2D eigenvalue weighted by atomic mass is 9.87. The van der Waals surface area contributed by atoms with Crippen molar-refractivity contribution in [2.24, 2.45) is 0 Å². The highest BCUT2D eigenvalue weighted by atomic mass is 16.5. The van der Waals surface area contributed by atoms with Crippen LogP contribution in [0.3, 0.4) is 0 Å². The van der Waals surface area contributed by atoms with Gasteiger partial charge in [-0.1, -0.05) is 60.7 Å². The summed E-state index contributed by atoms with van der Waals surface area (Å²) in [6.45, 7) is 1.75. The van der Waals surface area contributed by atoms with E-state index in [1.165, 1.54) is 16.3 Å². The predicted molar refractivity (Wildman–Crippen MR) is 126 cm³/mol. The first kappa shape index (κ1) is 20.3. The van der Waals surface area contributed by atoms with E-state index in [1.54, 1.807) is 12.1 Å². The summed E-state index contributed by atoms with van der Waals surface area (Å²) in [6, 6.07) is 31.4. The van der Waals surface area contributed by atoms with Gasteiger partial charge in [-0.05, 0) is 65.7 Å². The molecule has 1 aliphatic heterocycles. The first-order valence-corrected chi connectivity index (χ1v) is 11.0. The molecule has 0 radical (unpaired) electrons. The molecular formula is C28H25NO3. The Kier molecular flexibility index (Phi) is 5.86. The molecule has 2 unspecified atom stereocenters. The van der Waals surface area contributed by atoms with E-state index < -0.39 is 0 Å². The zero-order valence-corrected chi connectivity index (χ0v) is 17.7. The number of carbonyl (C=O) groups is 1. The Morgan fingerprint density at radius 3 is 2.31 bits per heavy atom. The number of rotatable bonds is 5. The molecule has 0 spiro atoms. The van der Waals surface area contributed by atoms with Crippen molar-refractivity contribution in [1.29, 1.82) is 0 Å². The van der Waals surface area contributed by atoms with E-state index in [1.807, 2.05) is 60.7 Å². The average molecular weight is 424 g/mol. The van der Waals surface area contributed by atoms with Gasteiger partial charge in [-0.2, -0.15) is 0 Å². The van der Waals surface area contributed by atoms with Crippen LogP contribution in [-0.2, 0) is 0 Å². The zero-order valence-electron chi connectivity index (χ0n) is 17.7. The SMILES string of the molecule is O=C(Oc1ccc(C2CCNCC2Oc2ccc3ccccc3c2)cc1)c1ccccc1. The molecule has 32 heavy (non-hydrogen) atoms. The van der Waals surface area contributed by atoms with E-state index in [9.17, 15) is 4.79 Å². The molecule has 1 N–H and O–H groups in total. The van der Waals surface area contributed by atoms with E-state index in [2.05, 4.69) is 29.6 Å². The quantitative estimate of drug-likeness (QED) is 0.336. The second-order valence-corrected chi connectivity index (χ2v) is 8.09. The summed E-state index contributed by atoms with van der Waals surface area (Å²) in [5, 5.41) is 5.84. The summed E-state index contributed by atoms with van der Waals surface area (Å²) in [6.07, 6.45) is 1.02. The van der Waals surface area contributed by atoms with E-state index >= 15 is 0 Å². The largest absolute Gasteiger partial charge is 0.488 e. The lowest BCUT2D eigenvalue weighted by Gasteiger charge is -2.33. The summed E-state index contributed by atoms with van der Waals surface area (Å²) < 4.78 is 12.0. The number of hydrogen-bond acceptors (Lipinski definition) is 4. The Bertz CT molecular complexity index is 1200. The maximum Gasteiger partial charge on any atom is 0.343 e. The fourth-order valence-corrected chi connectivity index (χ4v) is 4.27. The van der Waals surface area contributed by atoms with Crippen molar-refractivity contribution in [2.45, 2.75) is 18.4 Å². The second kappa shape index (κ2) is 9.25. The molecule has 4 aromatic rings. The number of benzene rings is 4. The lowest BCUT2D eigenvalue weighted by molar-refractivity contribution is 0.0734. The Labute approximate surface area is 187 Å². The first-order valence-electron chi connectivity index (χ1n) is 11.0. The maximum atomic E-state index is 12.3. The third-order valence-electron chi connectivity index (χ3n) is 5.96. The van der Waals surface area contributed by atoms with Crippen LogP contribution < -0.4 is 14.8 Å². The minimum atomic E-state index is -0.349. The van der Waals surface area contributed by atoms with Gasteiger partial charge in [0.1, 0.15) is 17.6 Å². The van der Waals surface area contributed by atoms with Gasteiger partial charge in [0, 0.05) is 12.5 Å². The Morgan fingerprint density at radius 2 is 1.50 bits per heavy atom. The Morgan fingerprint density at radius 1 is 0.781 bits per heavy atom.